The van der Waals surface area contributed by atoms with E-state index in [4.69, 9.17) is 19.0 Å². The number of hydrogen-bond acceptors (Lipinski definition) is 6. The first-order chi connectivity index (χ1) is 15.4. The zero-order valence-corrected chi connectivity index (χ0v) is 18.1. The molecule has 0 fully saturated rings. The average Bonchev–Trinajstić information content (AvgIpc) is 2.77. The molecule has 32 heavy (non-hydrogen) atoms. The first kappa shape index (κ1) is 22.8. The van der Waals surface area contributed by atoms with Gasteiger partial charge in [0.05, 0.1) is 13.3 Å². The van der Waals surface area contributed by atoms with Crippen LogP contribution in [0.4, 0.5) is 4.39 Å². The number of halogens is 1. The monoisotopic (exact) mass is 437 g/mol. The molecule has 0 saturated carbocycles. The third-order valence-electron chi connectivity index (χ3n) is 4.42. The maximum Gasteiger partial charge on any atom is 0.372 e. The summed E-state index contributed by atoms with van der Waals surface area (Å²) in [7, 11) is 1.56. The third kappa shape index (κ3) is 6.84. The molecule has 0 aliphatic heterocycles. The second-order valence-electron chi connectivity index (χ2n) is 7.12. The van der Waals surface area contributed by atoms with Crippen LogP contribution in [-0.2, 0) is 16.2 Å². The Balaban J connectivity index is 1.55. The van der Waals surface area contributed by atoms with Crippen molar-refractivity contribution in [3.63, 3.8) is 0 Å². The highest BCUT2D eigenvalue weighted by Gasteiger charge is 2.07. The molecule has 0 radical (unpaired) electrons. The largest absolute Gasteiger partial charge is 0.496 e. The predicted octanol–water partition coefficient (Wildman–Crippen LogP) is 4.99. The number of oxime groups is 1. The lowest BCUT2D eigenvalue weighted by molar-refractivity contribution is -0.145. The Kier molecular flexibility index (Phi) is 7.80. The molecule has 0 aliphatic rings. The molecular formula is C25H24FNO5. The Morgan fingerprint density at radius 1 is 0.938 bits per heavy atom. The fraction of sp³-hybridized carbons (Fsp3) is 0.200. The molecule has 0 amide bonds. The SMILES string of the molecule is COc1ccc(/C=N/OC(=O)COc2cc(C)cc(C)c2)cc1COc1ccc(F)cc1. The zero-order chi connectivity index (χ0) is 22.9. The van der Waals surface area contributed by atoms with Gasteiger partial charge in [-0.2, -0.15) is 0 Å². The smallest absolute Gasteiger partial charge is 0.372 e. The van der Waals surface area contributed by atoms with Crippen LogP contribution in [0, 0.1) is 19.7 Å². The molecule has 0 unspecified atom stereocenters. The van der Waals surface area contributed by atoms with Crippen molar-refractivity contribution in [3.05, 3.63) is 88.7 Å². The van der Waals surface area contributed by atoms with Crippen LogP contribution in [0.15, 0.2) is 65.8 Å². The van der Waals surface area contributed by atoms with Crippen molar-refractivity contribution >= 4 is 12.2 Å². The molecule has 0 aromatic heterocycles. The molecule has 0 N–H and O–H groups in total. The fourth-order valence-corrected chi connectivity index (χ4v) is 3.01. The molecule has 0 aliphatic carbocycles. The molecule has 3 aromatic carbocycles. The second-order valence-corrected chi connectivity index (χ2v) is 7.12. The van der Waals surface area contributed by atoms with Gasteiger partial charge >= 0.3 is 5.97 Å². The number of benzene rings is 3. The van der Waals surface area contributed by atoms with Crippen LogP contribution in [0.2, 0.25) is 0 Å². The van der Waals surface area contributed by atoms with Gasteiger partial charge in [-0.05, 0) is 85.1 Å². The van der Waals surface area contributed by atoms with E-state index in [-0.39, 0.29) is 19.0 Å². The summed E-state index contributed by atoms with van der Waals surface area (Å²) in [6.45, 7) is 3.87. The van der Waals surface area contributed by atoms with Crippen LogP contribution in [-0.4, -0.2) is 25.9 Å². The summed E-state index contributed by atoms with van der Waals surface area (Å²) < 4.78 is 29.5. The summed E-state index contributed by atoms with van der Waals surface area (Å²) >= 11 is 0. The second kappa shape index (κ2) is 10.9. The number of rotatable bonds is 9. The van der Waals surface area contributed by atoms with Crippen molar-refractivity contribution in [3.8, 4) is 17.2 Å². The molecule has 0 atom stereocenters. The van der Waals surface area contributed by atoms with Crippen LogP contribution in [0.1, 0.15) is 22.3 Å². The maximum atomic E-state index is 13.0. The normalized spacial score (nSPS) is 10.8. The summed E-state index contributed by atoms with van der Waals surface area (Å²) in [6, 6.07) is 16.8. The average molecular weight is 437 g/mol. The topological polar surface area (TPSA) is 66.4 Å². The van der Waals surface area contributed by atoms with Gasteiger partial charge in [0.2, 0.25) is 0 Å². The van der Waals surface area contributed by atoms with E-state index in [9.17, 15) is 9.18 Å². The number of nitrogens with zero attached hydrogens (tertiary/aromatic N) is 1. The van der Waals surface area contributed by atoms with Crippen LogP contribution in [0.3, 0.4) is 0 Å². The van der Waals surface area contributed by atoms with Crippen LogP contribution < -0.4 is 14.2 Å². The number of ether oxygens (including phenoxy) is 3. The number of methoxy groups -OCH3 is 1. The lowest BCUT2D eigenvalue weighted by atomic mass is 10.1. The van der Waals surface area contributed by atoms with E-state index in [1.807, 2.05) is 32.0 Å². The van der Waals surface area contributed by atoms with Gasteiger partial charge in [-0.1, -0.05) is 11.2 Å². The van der Waals surface area contributed by atoms with Gasteiger partial charge in [-0.15, -0.1) is 0 Å². The van der Waals surface area contributed by atoms with Gasteiger partial charge in [-0.25, -0.2) is 9.18 Å². The van der Waals surface area contributed by atoms with Crippen molar-refractivity contribution < 1.29 is 28.2 Å². The van der Waals surface area contributed by atoms with Crippen molar-refractivity contribution in [2.45, 2.75) is 20.5 Å². The Hall–Kier alpha value is -3.87. The van der Waals surface area contributed by atoms with Gasteiger partial charge in [0.15, 0.2) is 6.61 Å². The predicted molar refractivity (Wildman–Crippen MR) is 119 cm³/mol. The van der Waals surface area contributed by atoms with Crippen molar-refractivity contribution in [2.24, 2.45) is 5.16 Å². The lowest BCUT2D eigenvalue weighted by Gasteiger charge is -2.11. The molecule has 0 bridgehead atoms. The summed E-state index contributed by atoms with van der Waals surface area (Å²) in [4.78, 5) is 16.8. The Bertz CT molecular complexity index is 1080. The molecule has 0 saturated heterocycles. The summed E-state index contributed by atoms with van der Waals surface area (Å²) in [5.74, 6) is 0.814. The molecular weight excluding hydrogens is 413 g/mol. The minimum absolute atomic E-state index is 0.208. The van der Waals surface area contributed by atoms with Crippen molar-refractivity contribution in [2.75, 3.05) is 13.7 Å². The fourth-order valence-electron chi connectivity index (χ4n) is 3.01. The summed E-state index contributed by atoms with van der Waals surface area (Å²) in [6.07, 6.45) is 1.41. The summed E-state index contributed by atoms with van der Waals surface area (Å²) in [5.41, 5.74) is 3.53. The van der Waals surface area contributed by atoms with Gasteiger partial charge in [-0.3, -0.25) is 0 Å². The molecule has 3 aromatic rings. The standard InChI is InChI=1S/C25H24FNO5/c1-17-10-18(2)12-23(11-17)31-16-25(28)32-27-14-19-4-9-24(29-3)20(13-19)15-30-22-7-5-21(26)6-8-22/h4-14H,15-16H2,1-3H3/b27-14+. The third-order valence-corrected chi connectivity index (χ3v) is 4.42. The lowest BCUT2D eigenvalue weighted by Crippen LogP contribution is -2.12. The Labute approximate surface area is 186 Å². The molecule has 3 rings (SSSR count). The zero-order valence-electron chi connectivity index (χ0n) is 18.1. The van der Waals surface area contributed by atoms with E-state index in [1.54, 1.807) is 37.4 Å². The number of carbonyl (C=O) groups excluding carboxylic acids is 1. The molecule has 6 nitrogen and oxygen atoms in total. The first-order valence-electron chi connectivity index (χ1n) is 9.92. The van der Waals surface area contributed by atoms with Crippen LogP contribution in [0.5, 0.6) is 17.2 Å². The minimum Gasteiger partial charge on any atom is -0.496 e. The quantitative estimate of drug-likeness (QED) is 0.268. The van der Waals surface area contributed by atoms with E-state index in [0.717, 1.165) is 16.7 Å². The molecule has 166 valence electrons. The van der Waals surface area contributed by atoms with Crippen molar-refractivity contribution in [1.29, 1.82) is 0 Å². The maximum absolute atomic E-state index is 13.0. The number of hydrogen-bond donors (Lipinski definition) is 0. The minimum atomic E-state index is -0.617. The molecule has 7 heteroatoms. The van der Waals surface area contributed by atoms with Crippen LogP contribution in [0.25, 0.3) is 0 Å². The van der Waals surface area contributed by atoms with Gasteiger partial charge in [0.25, 0.3) is 0 Å². The Morgan fingerprint density at radius 3 is 2.34 bits per heavy atom. The Morgan fingerprint density at radius 2 is 1.66 bits per heavy atom. The highest BCUT2D eigenvalue weighted by Crippen LogP contribution is 2.22. The summed E-state index contributed by atoms with van der Waals surface area (Å²) in [5, 5.41) is 3.74. The van der Waals surface area contributed by atoms with Crippen LogP contribution >= 0.6 is 0 Å². The van der Waals surface area contributed by atoms with Gasteiger partial charge in [0, 0.05) is 5.56 Å². The molecule has 0 spiro atoms. The van der Waals surface area contributed by atoms with E-state index >= 15 is 0 Å². The van der Waals surface area contributed by atoms with Crippen molar-refractivity contribution in [1.82, 2.24) is 0 Å². The van der Waals surface area contributed by atoms with E-state index in [2.05, 4.69) is 5.16 Å². The highest BCUT2D eigenvalue weighted by atomic mass is 19.1. The highest BCUT2D eigenvalue weighted by molar-refractivity contribution is 5.81. The number of aryl methyl sites for hydroxylation is 2. The number of carbonyl (C=O) groups is 1. The first-order valence-corrected chi connectivity index (χ1v) is 9.92. The van der Waals surface area contributed by atoms with E-state index < -0.39 is 5.97 Å². The van der Waals surface area contributed by atoms with E-state index in [1.165, 1.54) is 18.3 Å². The van der Waals surface area contributed by atoms with Gasteiger partial charge in [0.1, 0.15) is 29.7 Å². The van der Waals surface area contributed by atoms with Gasteiger partial charge < -0.3 is 19.0 Å². The van der Waals surface area contributed by atoms with E-state index in [0.29, 0.717) is 22.8 Å². The molecule has 0 heterocycles.